The Hall–Kier alpha value is -3.86. The number of rotatable bonds is 14. The van der Waals surface area contributed by atoms with Crippen LogP contribution in [0.2, 0.25) is 0 Å². The van der Waals surface area contributed by atoms with Crippen molar-refractivity contribution in [1.29, 1.82) is 0 Å². The summed E-state index contributed by atoms with van der Waals surface area (Å²) in [5.41, 5.74) is 3.46. The Balaban J connectivity index is 1.62. The van der Waals surface area contributed by atoms with Crippen molar-refractivity contribution in [3.05, 3.63) is 144 Å². The molecule has 0 spiro atoms. The summed E-state index contributed by atoms with van der Waals surface area (Å²) in [4.78, 5) is 0. The summed E-state index contributed by atoms with van der Waals surface area (Å²) in [6.45, 7) is 7.16. The van der Waals surface area contributed by atoms with E-state index in [0.717, 1.165) is 33.8 Å². The maximum absolute atomic E-state index is 7.00. The van der Waals surface area contributed by atoms with Crippen LogP contribution in [0.1, 0.15) is 35.6 Å². The minimum atomic E-state index is -0.799. The van der Waals surface area contributed by atoms with E-state index >= 15 is 0 Å². The molecule has 0 bridgehead atoms. The molecular weight excluding hydrogens is 484 g/mol. The zero-order valence-electron chi connectivity index (χ0n) is 23.1. The van der Waals surface area contributed by atoms with Crippen LogP contribution in [-0.2, 0) is 21.7 Å². The number of methoxy groups -OCH3 is 2. The lowest BCUT2D eigenvalue weighted by Crippen LogP contribution is -2.34. The maximum Gasteiger partial charge on any atom is 0.143 e. The molecule has 0 aliphatic heterocycles. The Morgan fingerprint density at radius 3 is 1.67 bits per heavy atom. The number of ether oxygens (including phenoxy) is 4. The topological polar surface area (TPSA) is 36.9 Å². The fourth-order valence-electron chi connectivity index (χ4n) is 4.82. The van der Waals surface area contributed by atoms with Crippen LogP contribution in [0.4, 0.5) is 0 Å². The van der Waals surface area contributed by atoms with Gasteiger partial charge in [0.2, 0.25) is 0 Å². The van der Waals surface area contributed by atoms with Crippen LogP contribution in [0.5, 0.6) is 11.5 Å². The molecule has 202 valence electrons. The lowest BCUT2D eigenvalue weighted by atomic mass is 9.80. The van der Waals surface area contributed by atoms with Gasteiger partial charge in [-0.2, -0.15) is 0 Å². The van der Waals surface area contributed by atoms with Gasteiger partial charge >= 0.3 is 0 Å². The van der Waals surface area contributed by atoms with Crippen molar-refractivity contribution in [3.63, 3.8) is 0 Å². The Labute approximate surface area is 232 Å². The first kappa shape index (κ1) is 28.2. The van der Waals surface area contributed by atoms with Gasteiger partial charge in [0, 0.05) is 5.92 Å². The molecule has 0 heterocycles. The summed E-state index contributed by atoms with van der Waals surface area (Å²) < 4.78 is 24.1. The van der Waals surface area contributed by atoms with Crippen molar-refractivity contribution in [2.75, 3.05) is 20.8 Å². The van der Waals surface area contributed by atoms with Gasteiger partial charge in [-0.05, 0) is 52.9 Å². The predicted molar refractivity (Wildman–Crippen MR) is 157 cm³/mol. The van der Waals surface area contributed by atoms with Gasteiger partial charge < -0.3 is 18.9 Å². The molecule has 4 nitrogen and oxygen atoms in total. The van der Waals surface area contributed by atoms with E-state index in [2.05, 4.69) is 74.2 Å². The first-order valence-electron chi connectivity index (χ1n) is 13.4. The summed E-state index contributed by atoms with van der Waals surface area (Å²) in [6.07, 6.45) is 2.61. The lowest BCUT2D eigenvalue weighted by Gasteiger charge is -2.36. The summed E-state index contributed by atoms with van der Waals surface area (Å²) in [6, 6.07) is 36.9. The lowest BCUT2D eigenvalue weighted by molar-refractivity contribution is -0.0379. The van der Waals surface area contributed by atoms with Crippen molar-refractivity contribution in [2.24, 2.45) is 5.92 Å². The van der Waals surface area contributed by atoms with E-state index in [1.54, 1.807) is 14.2 Å². The normalized spacial score (nSPS) is 12.9. The average Bonchev–Trinajstić information content (AvgIpc) is 3.01. The van der Waals surface area contributed by atoms with Crippen LogP contribution >= 0.6 is 0 Å². The highest BCUT2D eigenvalue weighted by atomic mass is 16.5. The third-order valence-electron chi connectivity index (χ3n) is 7.16. The summed E-state index contributed by atoms with van der Waals surface area (Å²) in [7, 11) is 3.35. The molecule has 0 aliphatic carbocycles. The van der Waals surface area contributed by atoms with Gasteiger partial charge in [-0.15, -0.1) is 6.58 Å². The van der Waals surface area contributed by atoms with Crippen molar-refractivity contribution in [1.82, 2.24) is 0 Å². The van der Waals surface area contributed by atoms with Gasteiger partial charge in [0.25, 0.3) is 0 Å². The Kier molecular flexibility index (Phi) is 9.96. The van der Waals surface area contributed by atoms with E-state index in [4.69, 9.17) is 18.9 Å². The van der Waals surface area contributed by atoms with Gasteiger partial charge in [-0.25, -0.2) is 0 Å². The largest absolute Gasteiger partial charge is 0.497 e. The molecule has 4 aromatic carbocycles. The molecule has 0 saturated heterocycles. The Morgan fingerprint density at radius 2 is 1.18 bits per heavy atom. The predicted octanol–water partition coefficient (Wildman–Crippen LogP) is 7.81. The fourth-order valence-corrected chi connectivity index (χ4v) is 4.82. The fraction of sp³-hybridized carbons (Fsp3) is 0.257. The monoisotopic (exact) mass is 522 g/mol. The molecule has 39 heavy (non-hydrogen) atoms. The molecule has 2 atom stereocenters. The summed E-state index contributed by atoms with van der Waals surface area (Å²) >= 11 is 0. The molecule has 4 aromatic rings. The van der Waals surface area contributed by atoms with Crippen LogP contribution < -0.4 is 9.47 Å². The molecule has 4 rings (SSSR count). The second kappa shape index (κ2) is 13.8. The van der Waals surface area contributed by atoms with Gasteiger partial charge in [0.05, 0.1) is 33.5 Å². The van der Waals surface area contributed by atoms with Gasteiger partial charge in [0.15, 0.2) is 0 Å². The SMILES string of the molecule is C=C[C@H](C)[C@@H](CCOC(c1ccccc1)(c1ccccc1)c1ccc(OC)cc1)OCc1ccc(OC)cc1. The minimum Gasteiger partial charge on any atom is -0.497 e. The van der Waals surface area contributed by atoms with Crippen LogP contribution in [0.3, 0.4) is 0 Å². The minimum absolute atomic E-state index is 0.0512. The Morgan fingerprint density at radius 1 is 0.692 bits per heavy atom. The molecule has 0 saturated carbocycles. The average molecular weight is 523 g/mol. The molecule has 0 fully saturated rings. The van der Waals surface area contributed by atoms with Gasteiger partial charge in [0.1, 0.15) is 17.1 Å². The molecule has 0 aromatic heterocycles. The van der Waals surface area contributed by atoms with Crippen LogP contribution in [0, 0.1) is 5.92 Å². The van der Waals surface area contributed by atoms with E-state index in [-0.39, 0.29) is 12.0 Å². The van der Waals surface area contributed by atoms with Crippen LogP contribution in [0.15, 0.2) is 122 Å². The van der Waals surface area contributed by atoms with E-state index < -0.39 is 5.60 Å². The van der Waals surface area contributed by atoms with Crippen LogP contribution in [-0.4, -0.2) is 26.9 Å². The summed E-state index contributed by atoms with van der Waals surface area (Å²) in [5, 5.41) is 0. The third kappa shape index (κ3) is 6.78. The van der Waals surface area contributed by atoms with Crippen molar-refractivity contribution < 1.29 is 18.9 Å². The third-order valence-corrected chi connectivity index (χ3v) is 7.16. The molecule has 4 heteroatoms. The molecule has 0 unspecified atom stereocenters. The Bertz CT molecular complexity index is 1230. The molecule has 0 N–H and O–H groups in total. The highest BCUT2D eigenvalue weighted by Crippen LogP contribution is 2.41. The van der Waals surface area contributed by atoms with E-state index in [9.17, 15) is 0 Å². The van der Waals surface area contributed by atoms with Crippen molar-refractivity contribution in [3.8, 4) is 11.5 Å². The van der Waals surface area contributed by atoms with Crippen LogP contribution in [0.25, 0.3) is 0 Å². The molecule has 0 aliphatic rings. The first-order valence-corrected chi connectivity index (χ1v) is 13.4. The first-order chi connectivity index (χ1) is 19.1. The van der Waals surface area contributed by atoms with Gasteiger partial charge in [-0.1, -0.05) is 97.9 Å². The summed E-state index contributed by atoms with van der Waals surface area (Å²) in [5.74, 6) is 1.80. The van der Waals surface area contributed by atoms with E-state index in [0.29, 0.717) is 19.6 Å². The zero-order valence-corrected chi connectivity index (χ0v) is 23.1. The zero-order chi connectivity index (χ0) is 27.5. The van der Waals surface area contributed by atoms with E-state index in [1.165, 1.54) is 0 Å². The second-order valence-corrected chi connectivity index (χ2v) is 9.57. The standard InChI is InChI=1S/C35H38O4/c1-5-27(2)34(38-26-28-16-20-32(36-3)21-17-28)24-25-39-35(29-12-8-6-9-13-29,30-14-10-7-11-15-30)31-18-22-33(37-4)23-19-31/h5-23,27,34H,1,24-26H2,2-4H3/t27-,34+/m0/s1. The van der Waals surface area contributed by atoms with E-state index in [1.807, 2.05) is 54.6 Å². The maximum atomic E-state index is 7.00. The van der Waals surface area contributed by atoms with Gasteiger partial charge in [-0.3, -0.25) is 0 Å². The molecule has 0 amide bonds. The quantitative estimate of drug-likeness (QED) is 0.125. The smallest absolute Gasteiger partial charge is 0.143 e. The highest BCUT2D eigenvalue weighted by molar-refractivity contribution is 5.48. The molecule has 0 radical (unpaired) electrons. The number of hydrogen-bond acceptors (Lipinski definition) is 4. The molecular formula is C35H38O4. The second-order valence-electron chi connectivity index (χ2n) is 9.57. The highest BCUT2D eigenvalue weighted by Gasteiger charge is 2.38. The number of hydrogen-bond donors (Lipinski definition) is 0. The number of benzene rings is 4. The van der Waals surface area contributed by atoms with Crippen molar-refractivity contribution >= 4 is 0 Å². The van der Waals surface area contributed by atoms with Crippen molar-refractivity contribution in [2.45, 2.75) is 31.7 Å².